The van der Waals surface area contributed by atoms with Gasteiger partial charge in [0.15, 0.2) is 0 Å². The highest BCUT2D eigenvalue weighted by Gasteiger charge is 2.17. The number of hydrogen-bond acceptors (Lipinski definition) is 2. The van der Waals surface area contributed by atoms with Crippen LogP contribution in [-0.2, 0) is 6.42 Å². The minimum atomic E-state index is -0.281. The van der Waals surface area contributed by atoms with E-state index in [1.807, 2.05) is 6.07 Å². The van der Waals surface area contributed by atoms with Gasteiger partial charge < -0.3 is 10.4 Å². The van der Waals surface area contributed by atoms with Crippen LogP contribution in [0.5, 0.6) is 0 Å². The molecule has 0 fully saturated rings. The van der Waals surface area contributed by atoms with Crippen molar-refractivity contribution in [3.63, 3.8) is 0 Å². The Bertz CT molecular complexity index is 293. The third kappa shape index (κ3) is 5.29. The van der Waals surface area contributed by atoms with Crippen molar-refractivity contribution in [3.8, 4) is 0 Å². The lowest BCUT2D eigenvalue weighted by Crippen LogP contribution is -2.43. The van der Waals surface area contributed by atoms with Crippen molar-refractivity contribution >= 4 is 0 Å². The third-order valence-electron chi connectivity index (χ3n) is 2.76. The lowest BCUT2D eigenvalue weighted by atomic mass is 9.95. The molecule has 0 heterocycles. The zero-order valence-electron chi connectivity index (χ0n) is 10.5. The molecule has 16 heavy (non-hydrogen) atoms. The van der Waals surface area contributed by atoms with Crippen LogP contribution in [0.1, 0.15) is 32.8 Å². The summed E-state index contributed by atoms with van der Waals surface area (Å²) >= 11 is 0. The first-order chi connectivity index (χ1) is 7.49. The Morgan fingerprint density at radius 2 is 1.88 bits per heavy atom. The van der Waals surface area contributed by atoms with Crippen molar-refractivity contribution in [3.05, 3.63) is 35.9 Å². The van der Waals surface area contributed by atoms with Gasteiger partial charge in [0.2, 0.25) is 0 Å². The second-order valence-corrected chi connectivity index (χ2v) is 5.10. The average molecular weight is 221 g/mol. The summed E-state index contributed by atoms with van der Waals surface area (Å²) in [6.07, 6.45) is 1.86. The molecular formula is C14H23NO. The lowest BCUT2D eigenvalue weighted by Gasteiger charge is -2.27. The van der Waals surface area contributed by atoms with Gasteiger partial charge in [0.05, 0.1) is 6.10 Å². The average Bonchev–Trinajstić information content (AvgIpc) is 2.26. The fraction of sp³-hybridized carbons (Fsp3) is 0.571. The minimum absolute atomic E-state index is 0.0762. The van der Waals surface area contributed by atoms with E-state index in [-0.39, 0.29) is 11.6 Å². The van der Waals surface area contributed by atoms with Crippen LogP contribution < -0.4 is 5.32 Å². The first-order valence-corrected chi connectivity index (χ1v) is 5.97. The molecule has 2 N–H and O–H groups in total. The summed E-state index contributed by atoms with van der Waals surface area (Å²) in [5.74, 6) is 0. The Hall–Kier alpha value is -0.860. The van der Waals surface area contributed by atoms with Crippen LogP contribution in [0.15, 0.2) is 30.3 Å². The lowest BCUT2D eigenvalue weighted by molar-refractivity contribution is 0.174. The second kappa shape index (κ2) is 6.02. The largest absolute Gasteiger partial charge is 0.392 e. The molecule has 1 aromatic carbocycles. The topological polar surface area (TPSA) is 32.3 Å². The summed E-state index contributed by atoms with van der Waals surface area (Å²) in [6, 6.07) is 10.5. The zero-order chi connectivity index (χ0) is 12.0. The van der Waals surface area contributed by atoms with E-state index in [4.69, 9.17) is 0 Å². The summed E-state index contributed by atoms with van der Waals surface area (Å²) in [5.41, 5.74) is 1.45. The van der Waals surface area contributed by atoms with E-state index in [1.54, 1.807) is 6.92 Å². The molecule has 1 aromatic rings. The van der Waals surface area contributed by atoms with Gasteiger partial charge in [0.1, 0.15) is 0 Å². The van der Waals surface area contributed by atoms with Crippen LogP contribution in [0.2, 0.25) is 0 Å². The van der Waals surface area contributed by atoms with E-state index in [1.165, 1.54) is 5.56 Å². The smallest absolute Gasteiger partial charge is 0.0636 e. The summed E-state index contributed by atoms with van der Waals surface area (Å²) in [5, 5.41) is 12.6. The van der Waals surface area contributed by atoms with E-state index < -0.39 is 0 Å². The molecular weight excluding hydrogens is 198 g/mol. The fourth-order valence-electron chi connectivity index (χ4n) is 1.61. The molecule has 90 valence electrons. The number of aryl methyl sites for hydroxylation is 1. The van der Waals surface area contributed by atoms with E-state index in [0.717, 1.165) is 12.8 Å². The Balaban J connectivity index is 2.36. The Kier molecular flexibility index (Phi) is 4.97. The molecule has 0 aliphatic carbocycles. The Labute approximate surface area is 98.7 Å². The van der Waals surface area contributed by atoms with Crippen LogP contribution >= 0.6 is 0 Å². The normalized spacial score (nSPS) is 13.8. The minimum Gasteiger partial charge on any atom is -0.392 e. The van der Waals surface area contributed by atoms with Crippen molar-refractivity contribution in [2.45, 2.75) is 45.3 Å². The molecule has 0 spiro atoms. The summed E-state index contributed by atoms with van der Waals surface area (Å²) in [6.45, 7) is 6.82. The highest BCUT2D eigenvalue weighted by molar-refractivity contribution is 5.15. The number of β-amino-alcohol motifs (C(OH)–C–C–N with tert-alkyl or cyclic N) is 1. The van der Waals surface area contributed by atoms with Crippen molar-refractivity contribution in [2.75, 3.05) is 6.54 Å². The number of aliphatic hydroxyl groups excluding tert-OH is 1. The molecule has 0 saturated heterocycles. The number of nitrogens with one attached hydrogen (secondary N) is 1. The SMILES string of the molecule is C[C@@H](O)CNC(C)(C)CCc1ccccc1. The van der Waals surface area contributed by atoms with Crippen LogP contribution in [-0.4, -0.2) is 23.3 Å². The maximum absolute atomic E-state index is 9.24. The van der Waals surface area contributed by atoms with Crippen molar-refractivity contribution < 1.29 is 5.11 Å². The second-order valence-electron chi connectivity index (χ2n) is 5.10. The summed E-state index contributed by atoms with van der Waals surface area (Å²) < 4.78 is 0. The van der Waals surface area contributed by atoms with Crippen molar-refractivity contribution in [1.82, 2.24) is 5.32 Å². The van der Waals surface area contributed by atoms with Gasteiger partial charge in [0, 0.05) is 12.1 Å². The van der Waals surface area contributed by atoms with Gasteiger partial charge in [0.25, 0.3) is 0 Å². The predicted octanol–water partition coefficient (Wildman–Crippen LogP) is 2.37. The first-order valence-electron chi connectivity index (χ1n) is 5.97. The standard InChI is InChI=1S/C14H23NO/c1-12(16)11-15-14(2,3)10-9-13-7-5-4-6-8-13/h4-8,12,15-16H,9-11H2,1-3H3/t12-/m1/s1. The maximum Gasteiger partial charge on any atom is 0.0636 e. The van der Waals surface area contributed by atoms with E-state index >= 15 is 0 Å². The van der Waals surface area contributed by atoms with Crippen LogP contribution in [0.3, 0.4) is 0 Å². The van der Waals surface area contributed by atoms with Gasteiger partial charge in [-0.05, 0) is 39.2 Å². The van der Waals surface area contributed by atoms with Crippen molar-refractivity contribution in [2.24, 2.45) is 0 Å². The Morgan fingerprint density at radius 1 is 1.25 bits per heavy atom. The first kappa shape index (κ1) is 13.2. The van der Waals surface area contributed by atoms with E-state index in [9.17, 15) is 5.11 Å². The number of benzene rings is 1. The molecule has 0 bridgehead atoms. The molecule has 2 nitrogen and oxygen atoms in total. The molecule has 0 radical (unpaired) electrons. The van der Waals surface area contributed by atoms with Crippen LogP contribution in [0.25, 0.3) is 0 Å². The van der Waals surface area contributed by atoms with Crippen LogP contribution in [0.4, 0.5) is 0 Å². The molecule has 1 atom stereocenters. The number of hydrogen-bond donors (Lipinski definition) is 2. The highest BCUT2D eigenvalue weighted by atomic mass is 16.3. The third-order valence-corrected chi connectivity index (χ3v) is 2.76. The van der Waals surface area contributed by atoms with Gasteiger partial charge in [-0.2, -0.15) is 0 Å². The van der Waals surface area contributed by atoms with Gasteiger partial charge >= 0.3 is 0 Å². The number of rotatable bonds is 6. The molecule has 0 aliphatic heterocycles. The zero-order valence-corrected chi connectivity index (χ0v) is 10.5. The summed E-state index contributed by atoms with van der Waals surface area (Å²) in [7, 11) is 0. The molecule has 0 unspecified atom stereocenters. The monoisotopic (exact) mass is 221 g/mol. The molecule has 0 aliphatic rings. The van der Waals surface area contributed by atoms with Crippen molar-refractivity contribution in [1.29, 1.82) is 0 Å². The molecule has 0 amide bonds. The Morgan fingerprint density at radius 3 is 2.44 bits per heavy atom. The molecule has 2 heteroatoms. The van der Waals surface area contributed by atoms with E-state index in [2.05, 4.69) is 43.4 Å². The van der Waals surface area contributed by atoms with Gasteiger partial charge in [-0.3, -0.25) is 0 Å². The molecule has 1 rings (SSSR count). The number of aliphatic hydroxyl groups is 1. The maximum atomic E-state index is 9.24. The summed E-state index contributed by atoms with van der Waals surface area (Å²) in [4.78, 5) is 0. The van der Waals surface area contributed by atoms with Crippen LogP contribution in [0, 0.1) is 0 Å². The van der Waals surface area contributed by atoms with E-state index in [0.29, 0.717) is 6.54 Å². The fourth-order valence-corrected chi connectivity index (χ4v) is 1.61. The quantitative estimate of drug-likeness (QED) is 0.773. The highest BCUT2D eigenvalue weighted by Crippen LogP contribution is 2.13. The molecule has 0 aromatic heterocycles. The predicted molar refractivity (Wildman–Crippen MR) is 68.5 cm³/mol. The van der Waals surface area contributed by atoms with Gasteiger partial charge in [-0.25, -0.2) is 0 Å². The van der Waals surface area contributed by atoms with Gasteiger partial charge in [-0.1, -0.05) is 30.3 Å². The van der Waals surface area contributed by atoms with Gasteiger partial charge in [-0.15, -0.1) is 0 Å². The molecule has 0 saturated carbocycles.